The number of nitrogens with zero attached hydrogens (tertiary/aromatic N) is 1. The van der Waals surface area contributed by atoms with Crippen LogP contribution in [0.15, 0.2) is 17.3 Å². The average Bonchev–Trinajstić information content (AvgIpc) is 2.86. The number of carboxylic acid groups (broad SMARTS) is 1. The minimum atomic E-state index is -1.04. The Bertz CT molecular complexity index is 519. The van der Waals surface area contributed by atoms with Crippen LogP contribution in [0.4, 0.5) is 0 Å². The number of carboxylic acids is 1. The first-order chi connectivity index (χ1) is 13.0. The molecule has 3 N–H and O–H groups in total. The molecule has 0 aromatic heterocycles. The van der Waals surface area contributed by atoms with Crippen LogP contribution in [0.5, 0.6) is 0 Å². The first-order valence-electron chi connectivity index (χ1n) is 10.5. The fraction of sp³-hybridized carbons (Fsp3) is 0.810. The Morgan fingerprint density at radius 3 is 2.67 bits per heavy atom. The van der Waals surface area contributed by atoms with Gasteiger partial charge in [0.25, 0.3) is 0 Å². The van der Waals surface area contributed by atoms with E-state index in [0.29, 0.717) is 6.42 Å². The molecule has 6 heteroatoms. The van der Waals surface area contributed by atoms with Crippen molar-refractivity contribution >= 4 is 11.7 Å². The molecule has 154 valence electrons. The SMILES string of the molecule is CCCCCCCCCC(O)C=CC1C[C@@H]2C(=NOCC(=O)O)C[C@H]2C1O. The van der Waals surface area contributed by atoms with Crippen molar-refractivity contribution in [3.8, 4) is 0 Å². The molecule has 5 atom stereocenters. The third kappa shape index (κ3) is 6.92. The van der Waals surface area contributed by atoms with Crippen LogP contribution in [0.2, 0.25) is 0 Å². The van der Waals surface area contributed by atoms with E-state index in [9.17, 15) is 15.0 Å². The van der Waals surface area contributed by atoms with E-state index in [4.69, 9.17) is 9.94 Å². The van der Waals surface area contributed by atoms with E-state index in [1.807, 2.05) is 12.2 Å². The molecule has 3 unspecified atom stereocenters. The van der Waals surface area contributed by atoms with Crippen LogP contribution < -0.4 is 0 Å². The van der Waals surface area contributed by atoms with Crippen LogP contribution in [0, 0.1) is 17.8 Å². The van der Waals surface area contributed by atoms with Crippen LogP contribution in [-0.4, -0.2) is 45.8 Å². The van der Waals surface area contributed by atoms with Gasteiger partial charge in [-0.1, -0.05) is 69.2 Å². The smallest absolute Gasteiger partial charge is 0.344 e. The summed E-state index contributed by atoms with van der Waals surface area (Å²) >= 11 is 0. The molecule has 0 heterocycles. The van der Waals surface area contributed by atoms with Crippen LogP contribution >= 0.6 is 0 Å². The molecule has 0 saturated heterocycles. The Morgan fingerprint density at radius 1 is 1.26 bits per heavy atom. The number of rotatable bonds is 13. The second-order valence-corrected chi connectivity index (χ2v) is 7.98. The van der Waals surface area contributed by atoms with Gasteiger partial charge >= 0.3 is 5.97 Å². The Hall–Kier alpha value is -1.40. The standard InChI is InChI=1S/C21H35NO5/c1-2-3-4-5-6-7-8-9-16(23)11-10-15-12-17-18(21(15)26)13-19(17)22-27-14-20(24)25/h10-11,15-18,21,23,26H,2-9,12-14H2,1H3,(H,24,25)/t15?,16?,17-,18+,21?/m0/s1. The Balaban J connectivity index is 1.64. The summed E-state index contributed by atoms with van der Waals surface area (Å²) in [6, 6.07) is 0. The van der Waals surface area contributed by atoms with Crippen molar-refractivity contribution < 1.29 is 25.0 Å². The minimum Gasteiger partial charge on any atom is -0.479 e. The van der Waals surface area contributed by atoms with E-state index < -0.39 is 24.8 Å². The maximum atomic E-state index is 10.5. The monoisotopic (exact) mass is 381 g/mol. The lowest BCUT2D eigenvalue weighted by Crippen LogP contribution is -2.38. The molecule has 0 radical (unpaired) electrons. The van der Waals surface area contributed by atoms with Crippen molar-refractivity contribution in [1.29, 1.82) is 0 Å². The number of fused-ring (bicyclic) bond motifs is 1. The number of oxime groups is 1. The number of aliphatic hydroxyl groups excluding tert-OH is 2. The van der Waals surface area contributed by atoms with Gasteiger partial charge in [0, 0.05) is 11.8 Å². The zero-order chi connectivity index (χ0) is 19.6. The molecule has 2 aliphatic carbocycles. The molecule has 2 rings (SSSR count). The second-order valence-electron chi connectivity index (χ2n) is 7.98. The third-order valence-corrected chi connectivity index (χ3v) is 5.85. The second kappa shape index (κ2) is 11.4. The lowest BCUT2D eigenvalue weighted by molar-refractivity contribution is -0.142. The summed E-state index contributed by atoms with van der Waals surface area (Å²) in [7, 11) is 0. The first kappa shape index (κ1) is 21.9. The van der Waals surface area contributed by atoms with E-state index >= 15 is 0 Å². The first-order valence-corrected chi connectivity index (χ1v) is 10.5. The highest BCUT2D eigenvalue weighted by Crippen LogP contribution is 2.48. The van der Waals surface area contributed by atoms with E-state index in [1.54, 1.807) is 0 Å². The van der Waals surface area contributed by atoms with Gasteiger partial charge < -0.3 is 20.2 Å². The molecule has 0 aromatic rings. The maximum absolute atomic E-state index is 10.5. The predicted molar refractivity (Wildman–Crippen MR) is 104 cm³/mol. The lowest BCUT2D eigenvalue weighted by Gasteiger charge is -2.33. The molecule has 0 aromatic carbocycles. The van der Waals surface area contributed by atoms with E-state index in [2.05, 4.69) is 12.1 Å². The largest absolute Gasteiger partial charge is 0.479 e. The molecule has 0 spiro atoms. The molecule has 6 nitrogen and oxygen atoms in total. The normalized spacial score (nSPS) is 29.7. The Kier molecular flexibility index (Phi) is 9.28. The van der Waals surface area contributed by atoms with Crippen LogP contribution in [-0.2, 0) is 9.63 Å². The quantitative estimate of drug-likeness (QED) is 0.257. The molecule has 2 saturated carbocycles. The molecule has 0 aliphatic heterocycles. The predicted octanol–water partition coefficient (Wildman–Crippen LogP) is 3.52. The zero-order valence-electron chi connectivity index (χ0n) is 16.4. The Labute approximate surface area is 162 Å². The average molecular weight is 382 g/mol. The summed E-state index contributed by atoms with van der Waals surface area (Å²) in [5.41, 5.74) is 0.847. The highest BCUT2D eigenvalue weighted by molar-refractivity contribution is 5.93. The summed E-state index contributed by atoms with van der Waals surface area (Å²) < 4.78 is 0. The van der Waals surface area contributed by atoms with Crippen LogP contribution in [0.3, 0.4) is 0 Å². The van der Waals surface area contributed by atoms with Gasteiger partial charge in [-0.3, -0.25) is 0 Å². The fourth-order valence-electron chi connectivity index (χ4n) is 4.19. The number of carbonyl (C=O) groups is 1. The van der Waals surface area contributed by atoms with Gasteiger partial charge in [0.2, 0.25) is 6.61 Å². The van der Waals surface area contributed by atoms with Gasteiger partial charge in [-0.2, -0.15) is 0 Å². The Morgan fingerprint density at radius 2 is 1.96 bits per heavy atom. The highest BCUT2D eigenvalue weighted by Gasteiger charge is 2.51. The van der Waals surface area contributed by atoms with Gasteiger partial charge in [0.1, 0.15) is 0 Å². The summed E-state index contributed by atoms with van der Waals surface area (Å²) in [6.45, 7) is 1.79. The molecule has 0 amide bonds. The van der Waals surface area contributed by atoms with Gasteiger partial charge in [0.15, 0.2) is 0 Å². The van der Waals surface area contributed by atoms with E-state index in [1.165, 1.54) is 38.5 Å². The molecule has 0 bridgehead atoms. The summed E-state index contributed by atoms with van der Waals surface area (Å²) in [5, 5.41) is 33.0. The molecule has 2 fully saturated rings. The van der Waals surface area contributed by atoms with Crippen molar-refractivity contribution in [3.05, 3.63) is 12.2 Å². The molecular formula is C21H35NO5. The van der Waals surface area contributed by atoms with Gasteiger partial charge in [-0.25, -0.2) is 4.79 Å². The van der Waals surface area contributed by atoms with Crippen LogP contribution in [0.1, 0.15) is 71.1 Å². The topological polar surface area (TPSA) is 99.4 Å². The minimum absolute atomic E-state index is 0.0240. The zero-order valence-corrected chi connectivity index (χ0v) is 16.4. The van der Waals surface area contributed by atoms with Gasteiger partial charge in [-0.15, -0.1) is 0 Å². The molecule has 2 aliphatic rings. The van der Waals surface area contributed by atoms with Crippen molar-refractivity contribution in [1.82, 2.24) is 0 Å². The molecule has 27 heavy (non-hydrogen) atoms. The van der Waals surface area contributed by atoms with Gasteiger partial charge in [0.05, 0.1) is 17.9 Å². The number of aliphatic hydroxyl groups is 2. The van der Waals surface area contributed by atoms with Crippen molar-refractivity contribution in [2.45, 2.75) is 83.3 Å². The van der Waals surface area contributed by atoms with Crippen molar-refractivity contribution in [2.24, 2.45) is 22.9 Å². The number of hydrogen-bond donors (Lipinski definition) is 3. The molecular weight excluding hydrogens is 346 g/mol. The van der Waals surface area contributed by atoms with E-state index in [-0.39, 0.29) is 17.8 Å². The van der Waals surface area contributed by atoms with Crippen molar-refractivity contribution in [3.63, 3.8) is 0 Å². The van der Waals surface area contributed by atoms with Crippen molar-refractivity contribution in [2.75, 3.05) is 6.61 Å². The number of hydrogen-bond acceptors (Lipinski definition) is 5. The summed E-state index contributed by atoms with van der Waals surface area (Å²) in [6.07, 6.45) is 13.8. The fourth-order valence-corrected chi connectivity index (χ4v) is 4.19. The third-order valence-electron chi connectivity index (χ3n) is 5.85. The highest BCUT2D eigenvalue weighted by atomic mass is 16.6. The van der Waals surface area contributed by atoms with E-state index in [0.717, 1.165) is 25.0 Å². The summed E-state index contributed by atoms with van der Waals surface area (Å²) in [5.74, 6) is -0.677. The van der Waals surface area contributed by atoms with Crippen LogP contribution in [0.25, 0.3) is 0 Å². The number of aliphatic carboxylic acids is 1. The lowest BCUT2D eigenvalue weighted by atomic mass is 9.73. The number of unbranched alkanes of at least 4 members (excludes halogenated alkanes) is 6. The van der Waals surface area contributed by atoms with Gasteiger partial charge in [-0.05, 0) is 25.2 Å². The maximum Gasteiger partial charge on any atom is 0.344 e. The summed E-state index contributed by atoms with van der Waals surface area (Å²) in [4.78, 5) is 15.3.